The summed E-state index contributed by atoms with van der Waals surface area (Å²) in [7, 11) is 0. The van der Waals surface area contributed by atoms with E-state index in [1.54, 1.807) is 0 Å². The van der Waals surface area contributed by atoms with Gasteiger partial charge in [-0.25, -0.2) is 14.8 Å². The zero-order valence-corrected chi connectivity index (χ0v) is 11.1. The molecule has 3 heterocycles. The van der Waals surface area contributed by atoms with Gasteiger partial charge in [-0.3, -0.25) is 14.7 Å². The highest BCUT2D eigenvalue weighted by Gasteiger charge is 2.18. The minimum atomic E-state index is -0.480. The Kier molecular flexibility index (Phi) is 3.19. The molecular weight excluding hydrogens is 258 g/mol. The SMILES string of the molecule is Cc1ncc2c(n1)CCN(Cc1c[nH]c(=O)[nH]c1=O)C2. The Labute approximate surface area is 114 Å². The maximum absolute atomic E-state index is 11.7. The van der Waals surface area contributed by atoms with E-state index >= 15 is 0 Å². The highest BCUT2D eigenvalue weighted by atomic mass is 16.2. The van der Waals surface area contributed by atoms with Gasteiger partial charge in [0.1, 0.15) is 5.82 Å². The van der Waals surface area contributed by atoms with Crippen LogP contribution in [0.5, 0.6) is 0 Å². The van der Waals surface area contributed by atoms with Crippen molar-refractivity contribution in [3.05, 3.63) is 55.9 Å². The van der Waals surface area contributed by atoms with E-state index in [0.717, 1.165) is 30.0 Å². The Hall–Kier alpha value is -2.28. The van der Waals surface area contributed by atoms with E-state index < -0.39 is 5.69 Å². The van der Waals surface area contributed by atoms with Gasteiger partial charge in [0.15, 0.2) is 0 Å². The van der Waals surface area contributed by atoms with Gasteiger partial charge in [-0.1, -0.05) is 0 Å². The highest BCUT2D eigenvalue weighted by molar-refractivity contribution is 5.20. The zero-order chi connectivity index (χ0) is 14.1. The van der Waals surface area contributed by atoms with E-state index in [4.69, 9.17) is 0 Å². The molecule has 2 N–H and O–H groups in total. The lowest BCUT2D eigenvalue weighted by molar-refractivity contribution is 0.241. The van der Waals surface area contributed by atoms with Crippen molar-refractivity contribution in [1.82, 2.24) is 24.8 Å². The van der Waals surface area contributed by atoms with Crippen molar-refractivity contribution >= 4 is 0 Å². The first-order valence-corrected chi connectivity index (χ1v) is 6.46. The third-order valence-electron chi connectivity index (χ3n) is 3.42. The fraction of sp³-hybridized carbons (Fsp3) is 0.385. The molecule has 0 amide bonds. The Morgan fingerprint density at radius 3 is 3.05 bits per heavy atom. The molecule has 2 aromatic heterocycles. The average molecular weight is 273 g/mol. The number of fused-ring (bicyclic) bond motifs is 1. The third-order valence-corrected chi connectivity index (χ3v) is 3.42. The summed E-state index contributed by atoms with van der Waals surface area (Å²) in [4.78, 5) is 38.2. The molecular formula is C13H15N5O2. The quantitative estimate of drug-likeness (QED) is 0.784. The summed E-state index contributed by atoms with van der Waals surface area (Å²) >= 11 is 0. The molecule has 0 bridgehead atoms. The van der Waals surface area contributed by atoms with E-state index in [2.05, 4.69) is 24.8 Å². The smallest absolute Gasteiger partial charge is 0.314 e. The summed E-state index contributed by atoms with van der Waals surface area (Å²) in [6.45, 7) is 3.93. The van der Waals surface area contributed by atoms with Gasteiger partial charge < -0.3 is 4.98 Å². The first-order valence-electron chi connectivity index (χ1n) is 6.46. The van der Waals surface area contributed by atoms with Gasteiger partial charge in [-0.15, -0.1) is 0 Å². The van der Waals surface area contributed by atoms with Crippen molar-refractivity contribution in [2.45, 2.75) is 26.4 Å². The van der Waals surface area contributed by atoms with Gasteiger partial charge in [-0.2, -0.15) is 0 Å². The standard InChI is InChI=1S/C13H15N5O2/c1-8-14-4-9-6-18(3-2-11(9)16-8)7-10-5-15-13(20)17-12(10)19/h4-5H,2-3,6-7H2,1H3,(H2,15,17,19,20). The summed E-state index contributed by atoms with van der Waals surface area (Å²) < 4.78 is 0. The second-order valence-electron chi connectivity index (χ2n) is 4.95. The number of nitrogens with one attached hydrogen (secondary N) is 2. The Morgan fingerprint density at radius 1 is 1.40 bits per heavy atom. The monoisotopic (exact) mass is 273 g/mol. The van der Waals surface area contributed by atoms with Crippen LogP contribution in [0.15, 0.2) is 22.0 Å². The fourth-order valence-electron chi connectivity index (χ4n) is 2.41. The van der Waals surface area contributed by atoms with Crippen molar-refractivity contribution in [3.63, 3.8) is 0 Å². The third kappa shape index (κ3) is 2.53. The van der Waals surface area contributed by atoms with Crippen molar-refractivity contribution in [1.29, 1.82) is 0 Å². The molecule has 104 valence electrons. The summed E-state index contributed by atoms with van der Waals surface area (Å²) in [6.07, 6.45) is 4.17. The number of H-pyrrole nitrogens is 2. The molecule has 7 nitrogen and oxygen atoms in total. The van der Waals surface area contributed by atoms with Crippen molar-refractivity contribution in [2.75, 3.05) is 6.54 Å². The van der Waals surface area contributed by atoms with Gasteiger partial charge in [0.05, 0.1) is 0 Å². The summed E-state index contributed by atoms with van der Waals surface area (Å²) in [5.74, 6) is 0.786. The molecule has 2 aromatic rings. The fourth-order valence-corrected chi connectivity index (χ4v) is 2.41. The van der Waals surface area contributed by atoms with E-state index in [1.165, 1.54) is 6.20 Å². The summed E-state index contributed by atoms with van der Waals surface area (Å²) in [6, 6.07) is 0. The van der Waals surface area contributed by atoms with Crippen LogP contribution in [0.25, 0.3) is 0 Å². The minimum Gasteiger partial charge on any atom is -0.314 e. The van der Waals surface area contributed by atoms with Crippen LogP contribution in [0.4, 0.5) is 0 Å². The molecule has 0 atom stereocenters. The van der Waals surface area contributed by atoms with Crippen LogP contribution >= 0.6 is 0 Å². The lowest BCUT2D eigenvalue weighted by Crippen LogP contribution is -2.34. The first kappa shape index (κ1) is 12.7. The number of aromatic amines is 2. The van der Waals surface area contributed by atoms with Gasteiger partial charge in [0.2, 0.25) is 0 Å². The maximum atomic E-state index is 11.7. The van der Waals surface area contributed by atoms with Crippen LogP contribution in [0.1, 0.15) is 22.6 Å². The Morgan fingerprint density at radius 2 is 2.25 bits per heavy atom. The second kappa shape index (κ2) is 5.01. The summed E-state index contributed by atoms with van der Waals surface area (Å²) in [5.41, 5.74) is 1.93. The molecule has 0 aliphatic carbocycles. The molecule has 3 rings (SSSR count). The van der Waals surface area contributed by atoms with Crippen LogP contribution < -0.4 is 11.2 Å². The predicted octanol–water partition coefficient (Wildman–Crippen LogP) is -0.280. The number of nitrogens with zero attached hydrogens (tertiary/aromatic N) is 3. The largest absolute Gasteiger partial charge is 0.325 e. The molecule has 20 heavy (non-hydrogen) atoms. The van der Waals surface area contributed by atoms with Crippen LogP contribution in [-0.2, 0) is 19.5 Å². The lowest BCUT2D eigenvalue weighted by Gasteiger charge is -2.27. The molecule has 0 radical (unpaired) electrons. The van der Waals surface area contributed by atoms with Crippen LogP contribution in [-0.4, -0.2) is 31.4 Å². The minimum absolute atomic E-state index is 0.334. The summed E-state index contributed by atoms with van der Waals surface area (Å²) in [5, 5.41) is 0. The lowest BCUT2D eigenvalue weighted by atomic mass is 10.1. The van der Waals surface area contributed by atoms with Crippen molar-refractivity contribution in [3.8, 4) is 0 Å². The van der Waals surface area contributed by atoms with Gasteiger partial charge >= 0.3 is 5.69 Å². The molecule has 0 aromatic carbocycles. The number of aryl methyl sites for hydroxylation is 1. The Bertz CT molecular complexity index is 749. The predicted molar refractivity (Wildman–Crippen MR) is 72.3 cm³/mol. The second-order valence-corrected chi connectivity index (χ2v) is 4.95. The molecule has 1 aliphatic rings. The van der Waals surface area contributed by atoms with Crippen LogP contribution in [0.3, 0.4) is 0 Å². The van der Waals surface area contributed by atoms with E-state index in [0.29, 0.717) is 18.7 Å². The van der Waals surface area contributed by atoms with E-state index in [9.17, 15) is 9.59 Å². The first-order chi connectivity index (χ1) is 9.61. The van der Waals surface area contributed by atoms with Crippen molar-refractivity contribution in [2.24, 2.45) is 0 Å². The topological polar surface area (TPSA) is 94.7 Å². The highest BCUT2D eigenvalue weighted by Crippen LogP contribution is 2.17. The van der Waals surface area contributed by atoms with Crippen LogP contribution in [0.2, 0.25) is 0 Å². The molecule has 7 heteroatoms. The molecule has 0 saturated heterocycles. The van der Waals surface area contributed by atoms with E-state index in [-0.39, 0.29) is 5.56 Å². The number of hydrogen-bond donors (Lipinski definition) is 2. The molecule has 0 unspecified atom stereocenters. The van der Waals surface area contributed by atoms with Gasteiger partial charge in [0.25, 0.3) is 5.56 Å². The normalized spacial score (nSPS) is 15.1. The molecule has 0 spiro atoms. The number of rotatable bonds is 2. The maximum Gasteiger partial charge on any atom is 0.325 e. The average Bonchev–Trinajstić information content (AvgIpc) is 2.42. The van der Waals surface area contributed by atoms with Crippen LogP contribution in [0, 0.1) is 6.92 Å². The number of aromatic nitrogens is 4. The molecule has 1 aliphatic heterocycles. The van der Waals surface area contributed by atoms with E-state index in [1.807, 2.05) is 13.1 Å². The van der Waals surface area contributed by atoms with Gasteiger partial charge in [-0.05, 0) is 6.92 Å². The Balaban J connectivity index is 1.79. The number of hydrogen-bond acceptors (Lipinski definition) is 5. The van der Waals surface area contributed by atoms with Gasteiger partial charge in [0, 0.05) is 55.3 Å². The zero-order valence-electron chi connectivity index (χ0n) is 11.1. The molecule has 0 saturated carbocycles. The van der Waals surface area contributed by atoms with Crippen molar-refractivity contribution < 1.29 is 0 Å². The molecule has 0 fully saturated rings.